The summed E-state index contributed by atoms with van der Waals surface area (Å²) in [5.74, 6) is -0.632. The fourth-order valence-corrected chi connectivity index (χ4v) is 3.43. The number of amides is 3. The number of carbonyl (C=O) groups is 3. The van der Waals surface area contributed by atoms with Gasteiger partial charge in [0.05, 0.1) is 23.3 Å². The molecular formula is C25H31N7O4. The molecule has 0 unspecified atom stereocenters. The van der Waals surface area contributed by atoms with Crippen LogP contribution in [-0.2, 0) is 17.8 Å². The number of nitrogens with two attached hydrogens (primary N) is 1. The third kappa shape index (κ3) is 6.61. The summed E-state index contributed by atoms with van der Waals surface area (Å²) >= 11 is 0. The number of benzene rings is 1. The number of carbonyl (C=O) groups excluding carboxylic acids is 3. The van der Waals surface area contributed by atoms with E-state index in [1.165, 1.54) is 0 Å². The van der Waals surface area contributed by atoms with Crippen LogP contribution in [0.15, 0.2) is 42.1 Å². The predicted octanol–water partition coefficient (Wildman–Crippen LogP) is 3.15. The summed E-state index contributed by atoms with van der Waals surface area (Å²) in [7, 11) is 0. The average molecular weight is 494 g/mol. The minimum Gasteiger partial charge on any atom is -0.444 e. The average Bonchev–Trinajstić information content (AvgIpc) is 3.34. The molecule has 0 aliphatic carbocycles. The zero-order valence-corrected chi connectivity index (χ0v) is 21.1. The summed E-state index contributed by atoms with van der Waals surface area (Å²) in [5, 5.41) is 9.78. The van der Waals surface area contributed by atoms with E-state index in [-0.39, 0.29) is 12.5 Å². The third-order valence-electron chi connectivity index (χ3n) is 4.95. The van der Waals surface area contributed by atoms with E-state index in [0.29, 0.717) is 41.3 Å². The molecule has 3 aromatic rings. The van der Waals surface area contributed by atoms with Gasteiger partial charge in [0.15, 0.2) is 0 Å². The van der Waals surface area contributed by atoms with E-state index in [1.807, 2.05) is 13.8 Å². The Labute approximate surface area is 209 Å². The molecule has 3 amide bonds. The first-order valence-electron chi connectivity index (χ1n) is 11.5. The third-order valence-corrected chi connectivity index (χ3v) is 4.95. The number of ether oxygens (including phenoxy) is 1. The molecule has 36 heavy (non-hydrogen) atoms. The van der Waals surface area contributed by atoms with Crippen LogP contribution in [0.5, 0.6) is 0 Å². The molecule has 1 aromatic carbocycles. The quantitative estimate of drug-likeness (QED) is 0.411. The van der Waals surface area contributed by atoms with Crippen molar-refractivity contribution in [3.05, 3.63) is 59.1 Å². The van der Waals surface area contributed by atoms with Crippen molar-refractivity contribution in [2.45, 2.75) is 53.3 Å². The molecule has 11 heteroatoms. The molecule has 0 radical (unpaired) electrons. The maximum atomic E-state index is 13.0. The van der Waals surface area contributed by atoms with Crippen molar-refractivity contribution in [3.8, 4) is 0 Å². The Kier molecular flexibility index (Phi) is 7.96. The molecule has 0 bridgehead atoms. The van der Waals surface area contributed by atoms with Crippen LogP contribution in [0, 0.1) is 6.92 Å². The zero-order valence-electron chi connectivity index (χ0n) is 21.1. The van der Waals surface area contributed by atoms with Crippen molar-refractivity contribution in [1.82, 2.24) is 24.6 Å². The Balaban J connectivity index is 1.83. The number of nitrogens with zero attached hydrogens (tertiary/aromatic N) is 4. The second-order valence-corrected chi connectivity index (χ2v) is 9.01. The van der Waals surface area contributed by atoms with Gasteiger partial charge in [-0.25, -0.2) is 9.78 Å². The van der Waals surface area contributed by atoms with Gasteiger partial charge in [0.25, 0.3) is 5.91 Å². The Morgan fingerprint density at radius 3 is 2.61 bits per heavy atom. The Morgan fingerprint density at radius 2 is 1.94 bits per heavy atom. The maximum absolute atomic E-state index is 13.0. The van der Waals surface area contributed by atoms with Gasteiger partial charge in [-0.15, -0.1) is 5.73 Å². The maximum Gasteiger partial charge on any atom is 0.407 e. The summed E-state index contributed by atoms with van der Waals surface area (Å²) in [6, 6.07) is 6.61. The Morgan fingerprint density at radius 1 is 1.19 bits per heavy atom. The van der Waals surface area contributed by atoms with Crippen LogP contribution in [0.3, 0.4) is 0 Å². The molecule has 0 atom stereocenters. The van der Waals surface area contributed by atoms with Crippen molar-refractivity contribution >= 4 is 34.9 Å². The van der Waals surface area contributed by atoms with E-state index < -0.39 is 17.6 Å². The molecule has 11 nitrogen and oxygen atoms in total. The minimum absolute atomic E-state index is 0.238. The number of rotatable bonds is 8. The van der Waals surface area contributed by atoms with Gasteiger partial charge in [-0.2, -0.15) is 5.10 Å². The second kappa shape index (κ2) is 10.9. The van der Waals surface area contributed by atoms with Gasteiger partial charge in [0.1, 0.15) is 11.3 Å². The van der Waals surface area contributed by atoms with Crippen LogP contribution in [0.2, 0.25) is 0 Å². The summed E-state index contributed by atoms with van der Waals surface area (Å²) in [5.41, 5.74) is 10.5. The number of nitrogens with one attached hydrogen (secondary N) is 2. The van der Waals surface area contributed by atoms with Gasteiger partial charge >= 0.3 is 6.09 Å². The van der Waals surface area contributed by atoms with E-state index in [4.69, 9.17) is 10.5 Å². The lowest BCUT2D eigenvalue weighted by molar-refractivity contribution is 0.0533. The van der Waals surface area contributed by atoms with Gasteiger partial charge in [0, 0.05) is 18.7 Å². The summed E-state index contributed by atoms with van der Waals surface area (Å²) in [6.07, 6.45) is 2.86. The molecule has 2 aromatic heterocycles. The molecule has 3 rings (SSSR count). The normalized spacial score (nSPS) is 11.0. The predicted molar refractivity (Wildman–Crippen MR) is 136 cm³/mol. The second-order valence-electron chi connectivity index (χ2n) is 9.01. The number of anilines is 1. The van der Waals surface area contributed by atoms with Crippen molar-refractivity contribution in [2.24, 2.45) is 5.73 Å². The Bertz CT molecular complexity index is 1350. The fraction of sp³-hybridized carbons (Fsp3) is 0.360. The highest BCUT2D eigenvalue weighted by Crippen LogP contribution is 2.22. The molecule has 0 spiro atoms. The van der Waals surface area contributed by atoms with Gasteiger partial charge < -0.3 is 20.4 Å². The lowest BCUT2D eigenvalue weighted by atomic mass is 10.2. The largest absolute Gasteiger partial charge is 0.444 e. The first-order valence-corrected chi connectivity index (χ1v) is 11.5. The van der Waals surface area contributed by atoms with Crippen molar-refractivity contribution in [2.75, 3.05) is 11.9 Å². The minimum atomic E-state index is -0.575. The molecule has 190 valence electrons. The van der Waals surface area contributed by atoms with E-state index in [9.17, 15) is 14.4 Å². The number of fused-ring (bicyclic) bond motifs is 1. The summed E-state index contributed by atoms with van der Waals surface area (Å²) in [6.45, 7) is 10.2. The van der Waals surface area contributed by atoms with Crippen LogP contribution in [0.4, 0.5) is 10.7 Å². The standard InChI is InChI=1S/C25H31N7O4/c1-6-32-20(14-16(2)30-32)22(34)29-23-28-18-15-17(21(26)33)10-11-19(18)31(23)13-9-7-8-12-27-24(35)36-25(3,4)5/h8-11,14-15H,6,12-13H2,1-5H3,(H2,26,33)(H,27,35)(H,28,29,34). The smallest absolute Gasteiger partial charge is 0.407 e. The van der Waals surface area contributed by atoms with Gasteiger partial charge in [-0.1, -0.05) is 0 Å². The highest BCUT2D eigenvalue weighted by molar-refractivity contribution is 6.03. The number of hydrogen-bond donors (Lipinski definition) is 3. The van der Waals surface area contributed by atoms with Crippen molar-refractivity contribution in [3.63, 3.8) is 0 Å². The monoisotopic (exact) mass is 493 g/mol. The van der Waals surface area contributed by atoms with Crippen LogP contribution in [0.1, 0.15) is 54.2 Å². The van der Waals surface area contributed by atoms with Gasteiger partial charge in [-0.3, -0.25) is 19.6 Å². The molecule has 0 saturated carbocycles. The van der Waals surface area contributed by atoms with E-state index >= 15 is 0 Å². The molecule has 2 heterocycles. The topological polar surface area (TPSA) is 146 Å². The van der Waals surface area contributed by atoms with Gasteiger partial charge in [-0.05, 0) is 71.0 Å². The number of aryl methyl sites for hydroxylation is 2. The molecular weight excluding hydrogens is 462 g/mol. The van der Waals surface area contributed by atoms with Gasteiger partial charge in [0.2, 0.25) is 11.9 Å². The van der Waals surface area contributed by atoms with E-state index in [2.05, 4.69) is 26.4 Å². The van der Waals surface area contributed by atoms with Crippen molar-refractivity contribution < 1.29 is 19.1 Å². The van der Waals surface area contributed by atoms with Crippen LogP contribution >= 0.6 is 0 Å². The van der Waals surface area contributed by atoms with Crippen molar-refractivity contribution in [1.29, 1.82) is 0 Å². The molecule has 4 N–H and O–H groups in total. The van der Waals surface area contributed by atoms with Crippen LogP contribution < -0.4 is 16.4 Å². The van der Waals surface area contributed by atoms with E-state index in [1.54, 1.807) is 66.4 Å². The highest BCUT2D eigenvalue weighted by Gasteiger charge is 2.18. The summed E-state index contributed by atoms with van der Waals surface area (Å²) in [4.78, 5) is 40.9. The number of imidazole rings is 1. The number of hydrogen-bond acceptors (Lipinski definition) is 6. The molecule has 0 aliphatic rings. The first kappa shape index (κ1) is 26.2. The lowest BCUT2D eigenvalue weighted by Crippen LogP contribution is -2.32. The number of aromatic nitrogens is 4. The lowest BCUT2D eigenvalue weighted by Gasteiger charge is -2.19. The molecule has 0 saturated heterocycles. The highest BCUT2D eigenvalue weighted by atomic mass is 16.6. The van der Waals surface area contributed by atoms with E-state index in [0.717, 1.165) is 5.69 Å². The summed E-state index contributed by atoms with van der Waals surface area (Å²) < 4.78 is 8.58. The van der Waals surface area contributed by atoms with Crippen LogP contribution in [0.25, 0.3) is 11.0 Å². The first-order chi connectivity index (χ1) is 17.0. The number of primary amides is 1. The molecule has 0 aliphatic heterocycles. The van der Waals surface area contributed by atoms with Crippen LogP contribution in [-0.4, -0.2) is 49.4 Å². The SMILES string of the molecule is CCn1nc(C)cc1C(=O)Nc1nc2cc(C(N)=O)ccc2n1CC=C=CCNC(=O)OC(C)(C)C. The fourth-order valence-electron chi connectivity index (χ4n) is 3.43. The zero-order chi connectivity index (χ0) is 26.5. The Hall–Kier alpha value is -4.37. The molecule has 0 fully saturated rings. The number of alkyl carbamates (subject to hydrolysis) is 1.